The van der Waals surface area contributed by atoms with Crippen LogP contribution in [0.3, 0.4) is 0 Å². The first-order valence-electron chi connectivity index (χ1n) is 12.3. The minimum Gasteiger partial charge on any atom is -0.465 e. The summed E-state index contributed by atoms with van der Waals surface area (Å²) in [6.07, 6.45) is 2.77. The van der Waals surface area contributed by atoms with Crippen molar-refractivity contribution in [1.82, 2.24) is 5.32 Å². The Labute approximate surface area is 202 Å². The third kappa shape index (κ3) is 4.93. The molecule has 178 valence electrons. The predicted molar refractivity (Wildman–Crippen MR) is 135 cm³/mol. The van der Waals surface area contributed by atoms with Gasteiger partial charge in [-0.3, -0.25) is 9.59 Å². The Bertz CT molecular complexity index is 1070. The van der Waals surface area contributed by atoms with Crippen LogP contribution in [0.25, 0.3) is 0 Å². The number of hydrogen-bond donors (Lipinski definition) is 1. The van der Waals surface area contributed by atoms with E-state index in [0.717, 1.165) is 54.0 Å². The Kier molecular flexibility index (Phi) is 7.51. The number of Topliss-reactive ketones (excluding diaryl/α,β-unsaturated/α-hetero) is 1. The van der Waals surface area contributed by atoms with Crippen molar-refractivity contribution >= 4 is 17.4 Å². The van der Waals surface area contributed by atoms with Crippen LogP contribution >= 0.6 is 0 Å². The first-order valence-corrected chi connectivity index (χ1v) is 12.3. The van der Waals surface area contributed by atoms with Gasteiger partial charge in [0.2, 0.25) is 0 Å². The molecule has 1 aliphatic heterocycles. The number of carbonyl (C=O) groups is 2. The van der Waals surface area contributed by atoms with E-state index in [1.165, 1.54) is 0 Å². The fourth-order valence-electron chi connectivity index (χ4n) is 5.12. The van der Waals surface area contributed by atoms with Gasteiger partial charge in [-0.25, -0.2) is 0 Å². The predicted octanol–water partition coefficient (Wildman–Crippen LogP) is 5.14. The largest absolute Gasteiger partial charge is 0.465 e. The smallest absolute Gasteiger partial charge is 0.315 e. The van der Waals surface area contributed by atoms with Crippen LogP contribution in [0.1, 0.15) is 50.2 Å². The molecule has 0 spiro atoms. The first-order chi connectivity index (χ1) is 16.5. The van der Waals surface area contributed by atoms with Gasteiger partial charge in [0.05, 0.1) is 6.61 Å². The third-order valence-electron chi connectivity index (χ3n) is 6.90. The van der Waals surface area contributed by atoms with Crippen molar-refractivity contribution < 1.29 is 14.3 Å². The van der Waals surface area contributed by atoms with E-state index in [4.69, 9.17) is 4.74 Å². The van der Waals surface area contributed by atoms with Gasteiger partial charge in [0.1, 0.15) is 5.92 Å². The van der Waals surface area contributed by atoms with Crippen molar-refractivity contribution in [2.24, 2.45) is 5.92 Å². The number of carbonyl (C=O) groups excluding carboxylic acids is 2. The van der Waals surface area contributed by atoms with Gasteiger partial charge in [-0.2, -0.15) is 0 Å². The number of nitrogens with zero attached hydrogens (tertiary/aromatic N) is 1. The lowest BCUT2D eigenvalue weighted by Crippen LogP contribution is -2.41. The Morgan fingerprint density at radius 1 is 1.06 bits per heavy atom. The van der Waals surface area contributed by atoms with E-state index in [1.54, 1.807) is 0 Å². The molecule has 0 saturated heterocycles. The van der Waals surface area contributed by atoms with E-state index < -0.39 is 5.92 Å². The highest BCUT2D eigenvalue weighted by molar-refractivity contribution is 6.00. The molecule has 1 N–H and O–H groups in total. The maximum Gasteiger partial charge on any atom is 0.315 e. The van der Waals surface area contributed by atoms with E-state index in [2.05, 4.69) is 42.8 Å². The molecule has 0 amide bonds. The second kappa shape index (κ2) is 10.7. The van der Waals surface area contributed by atoms with Gasteiger partial charge in [-0.05, 0) is 49.9 Å². The van der Waals surface area contributed by atoms with Crippen LogP contribution in [-0.2, 0) is 20.7 Å². The summed E-state index contributed by atoms with van der Waals surface area (Å²) in [6, 6.07) is 18.2. The van der Waals surface area contributed by atoms with E-state index >= 15 is 0 Å². The molecule has 5 nitrogen and oxygen atoms in total. The number of allylic oxidation sites excluding steroid dienone is 2. The highest BCUT2D eigenvalue weighted by atomic mass is 16.5. The lowest BCUT2D eigenvalue weighted by molar-refractivity contribution is -0.147. The van der Waals surface area contributed by atoms with Crippen LogP contribution in [-0.4, -0.2) is 31.4 Å². The second-order valence-corrected chi connectivity index (χ2v) is 8.94. The maximum atomic E-state index is 13.4. The molecule has 5 heteroatoms. The van der Waals surface area contributed by atoms with Gasteiger partial charge in [0.15, 0.2) is 5.78 Å². The van der Waals surface area contributed by atoms with Crippen LogP contribution < -0.4 is 10.2 Å². The summed E-state index contributed by atoms with van der Waals surface area (Å²) in [5.74, 6) is -1.25. The van der Waals surface area contributed by atoms with E-state index in [9.17, 15) is 9.59 Å². The SMILES string of the molecule is C=C1NC2=C(C(=O)CCC2)C(c2ccc(N(CC)CC)cc2)C1C(=O)OCCc1ccccc1. The molecule has 34 heavy (non-hydrogen) atoms. The average Bonchev–Trinajstić information content (AvgIpc) is 2.85. The minimum absolute atomic E-state index is 0.112. The number of hydrogen-bond acceptors (Lipinski definition) is 5. The number of anilines is 1. The quantitative estimate of drug-likeness (QED) is 0.555. The Morgan fingerprint density at radius 3 is 2.44 bits per heavy atom. The van der Waals surface area contributed by atoms with E-state index in [1.807, 2.05) is 42.5 Å². The number of esters is 1. The van der Waals surface area contributed by atoms with Crippen LogP contribution in [0.15, 0.2) is 78.1 Å². The molecule has 4 rings (SSSR count). The molecule has 1 aliphatic carbocycles. The van der Waals surface area contributed by atoms with Crippen molar-refractivity contribution in [2.45, 2.75) is 45.4 Å². The van der Waals surface area contributed by atoms with Gasteiger partial charge in [-0.15, -0.1) is 0 Å². The summed E-state index contributed by atoms with van der Waals surface area (Å²) < 4.78 is 5.74. The third-order valence-corrected chi connectivity index (χ3v) is 6.90. The molecule has 1 heterocycles. The first kappa shape index (κ1) is 23.8. The van der Waals surface area contributed by atoms with Gasteiger partial charge in [0, 0.05) is 54.5 Å². The summed E-state index contributed by atoms with van der Waals surface area (Å²) in [5, 5.41) is 3.29. The molecular formula is C29H34N2O3. The van der Waals surface area contributed by atoms with E-state index in [-0.39, 0.29) is 17.7 Å². The fourth-order valence-corrected chi connectivity index (χ4v) is 5.12. The molecule has 0 fully saturated rings. The summed E-state index contributed by atoms with van der Waals surface area (Å²) >= 11 is 0. The average molecular weight is 459 g/mol. The summed E-state index contributed by atoms with van der Waals surface area (Å²) in [4.78, 5) is 28.7. The zero-order chi connectivity index (χ0) is 24.1. The minimum atomic E-state index is -0.643. The molecular weight excluding hydrogens is 424 g/mol. The topological polar surface area (TPSA) is 58.6 Å². The molecule has 0 bridgehead atoms. The monoisotopic (exact) mass is 458 g/mol. The molecule has 2 atom stereocenters. The number of rotatable bonds is 8. The molecule has 0 aromatic heterocycles. The van der Waals surface area contributed by atoms with Crippen LogP contribution in [0.5, 0.6) is 0 Å². The van der Waals surface area contributed by atoms with Crippen molar-refractivity contribution in [3.63, 3.8) is 0 Å². The number of ether oxygens (including phenoxy) is 1. The zero-order valence-corrected chi connectivity index (χ0v) is 20.2. The van der Waals surface area contributed by atoms with Gasteiger partial charge in [-0.1, -0.05) is 49.0 Å². The number of ketones is 1. The molecule has 2 aromatic rings. The van der Waals surface area contributed by atoms with Crippen LogP contribution in [0, 0.1) is 5.92 Å². The number of nitrogens with one attached hydrogen (secondary N) is 1. The van der Waals surface area contributed by atoms with Crippen LogP contribution in [0.4, 0.5) is 5.69 Å². The van der Waals surface area contributed by atoms with Gasteiger partial charge < -0.3 is 15.0 Å². The maximum absolute atomic E-state index is 13.4. The second-order valence-electron chi connectivity index (χ2n) is 8.94. The normalized spacial score (nSPS) is 19.9. The molecule has 0 saturated carbocycles. The van der Waals surface area contributed by atoms with Gasteiger partial charge >= 0.3 is 5.97 Å². The fraction of sp³-hybridized carbons (Fsp3) is 0.379. The Morgan fingerprint density at radius 2 is 1.76 bits per heavy atom. The molecule has 2 aromatic carbocycles. The standard InChI is InChI=1S/C29H34N2O3/c1-4-31(5-2)23-16-14-22(15-17-23)27-26(20(3)30-24-12-9-13-25(32)28(24)27)29(33)34-19-18-21-10-7-6-8-11-21/h6-8,10-11,14-17,26-27,30H,3-5,9,12-13,18-19H2,1-2H3. The number of benzene rings is 2. The van der Waals surface area contributed by atoms with Crippen LogP contribution in [0.2, 0.25) is 0 Å². The molecule has 0 radical (unpaired) electrons. The Balaban J connectivity index is 1.62. The van der Waals surface area contributed by atoms with Crippen molar-refractivity contribution in [1.29, 1.82) is 0 Å². The lowest BCUT2D eigenvalue weighted by atomic mass is 9.71. The summed E-state index contributed by atoms with van der Waals surface area (Å²) in [6.45, 7) is 10.6. The van der Waals surface area contributed by atoms with Crippen molar-refractivity contribution in [2.75, 3.05) is 24.6 Å². The van der Waals surface area contributed by atoms with E-state index in [0.29, 0.717) is 25.1 Å². The zero-order valence-electron chi connectivity index (χ0n) is 20.2. The Hall–Kier alpha value is -3.34. The van der Waals surface area contributed by atoms with Crippen molar-refractivity contribution in [3.8, 4) is 0 Å². The van der Waals surface area contributed by atoms with Gasteiger partial charge in [0.25, 0.3) is 0 Å². The molecule has 2 aliphatic rings. The summed E-state index contributed by atoms with van der Waals surface area (Å²) in [5.41, 5.74) is 5.44. The highest BCUT2D eigenvalue weighted by Gasteiger charge is 2.43. The summed E-state index contributed by atoms with van der Waals surface area (Å²) in [7, 11) is 0. The molecule has 2 unspecified atom stereocenters. The highest BCUT2D eigenvalue weighted by Crippen LogP contribution is 2.44. The lowest BCUT2D eigenvalue weighted by Gasteiger charge is -2.38. The van der Waals surface area contributed by atoms with Crippen molar-refractivity contribution in [3.05, 3.63) is 89.3 Å².